The van der Waals surface area contributed by atoms with Crippen molar-refractivity contribution in [3.8, 4) is 0 Å². The minimum atomic E-state index is -0.809. The van der Waals surface area contributed by atoms with Crippen molar-refractivity contribution in [3.05, 3.63) is 108 Å². The Hall–Kier alpha value is -4.85. The summed E-state index contributed by atoms with van der Waals surface area (Å²) >= 11 is 0. The van der Waals surface area contributed by atoms with E-state index >= 15 is 0 Å². The van der Waals surface area contributed by atoms with E-state index in [1.807, 2.05) is 111 Å². The van der Waals surface area contributed by atoms with Gasteiger partial charge in [0.15, 0.2) is 0 Å². The Morgan fingerprint density at radius 1 is 0.878 bits per heavy atom. The molecule has 3 unspecified atom stereocenters. The fourth-order valence-electron chi connectivity index (χ4n) is 6.09. The third-order valence-corrected chi connectivity index (χ3v) is 8.29. The molecule has 0 saturated carbocycles. The summed E-state index contributed by atoms with van der Waals surface area (Å²) < 4.78 is 3.89. The molecule has 3 atom stereocenters. The second-order valence-corrected chi connectivity index (χ2v) is 10.8. The van der Waals surface area contributed by atoms with Crippen molar-refractivity contribution in [1.82, 2.24) is 24.9 Å². The molecule has 2 aromatic heterocycles. The maximum absolute atomic E-state index is 14.0. The third kappa shape index (κ3) is 4.55. The molecule has 0 spiro atoms. The van der Waals surface area contributed by atoms with Crippen LogP contribution in [-0.2, 0) is 23.2 Å². The highest BCUT2D eigenvalue weighted by Crippen LogP contribution is 2.44. The van der Waals surface area contributed by atoms with E-state index < -0.39 is 18.0 Å². The Kier molecular flexibility index (Phi) is 6.83. The standard InChI is InChI=1S/C33H33N5O3/c1-4-21(2)30(32(40)35-34-29(39)20-37-18-17-22-11-5-9-15-27(22)37)38-31(24-13-6-7-14-25(24)33(38)41)26-19-36(3)28-16-10-8-12-23(26)28/h5-19,21,30-31H,4,20H2,1-3H3,(H,34,39)(H,35,40). The van der Waals surface area contributed by atoms with E-state index in [1.165, 1.54) is 0 Å². The van der Waals surface area contributed by atoms with Crippen LogP contribution in [0, 0.1) is 5.92 Å². The number of benzene rings is 3. The van der Waals surface area contributed by atoms with Crippen LogP contribution in [0.5, 0.6) is 0 Å². The van der Waals surface area contributed by atoms with Gasteiger partial charge in [-0.2, -0.15) is 0 Å². The molecule has 208 valence electrons. The van der Waals surface area contributed by atoms with Crippen LogP contribution in [0.15, 0.2) is 91.3 Å². The molecular formula is C33H33N5O3. The van der Waals surface area contributed by atoms with Gasteiger partial charge >= 0.3 is 0 Å². The molecule has 3 heterocycles. The minimum Gasteiger partial charge on any atom is -0.350 e. The van der Waals surface area contributed by atoms with Gasteiger partial charge in [0.2, 0.25) is 0 Å². The smallest absolute Gasteiger partial charge is 0.261 e. The molecule has 0 radical (unpaired) electrons. The molecule has 3 aromatic carbocycles. The van der Waals surface area contributed by atoms with Crippen LogP contribution in [0.4, 0.5) is 0 Å². The van der Waals surface area contributed by atoms with Crippen LogP contribution in [0.1, 0.15) is 47.8 Å². The Balaban J connectivity index is 1.31. The monoisotopic (exact) mass is 547 g/mol. The van der Waals surface area contributed by atoms with E-state index in [1.54, 1.807) is 4.90 Å². The molecule has 0 fully saturated rings. The first-order valence-electron chi connectivity index (χ1n) is 14.0. The summed E-state index contributed by atoms with van der Waals surface area (Å²) in [6.45, 7) is 4.02. The molecule has 6 rings (SSSR count). The van der Waals surface area contributed by atoms with Crippen molar-refractivity contribution in [2.45, 2.75) is 38.9 Å². The molecule has 8 heteroatoms. The van der Waals surface area contributed by atoms with E-state index in [4.69, 9.17) is 0 Å². The average Bonchev–Trinajstić information content (AvgIpc) is 3.64. The van der Waals surface area contributed by atoms with Crippen LogP contribution in [0.25, 0.3) is 21.8 Å². The fraction of sp³-hybridized carbons (Fsp3) is 0.242. The number of carbonyl (C=O) groups excluding carboxylic acids is 3. The van der Waals surface area contributed by atoms with E-state index in [2.05, 4.69) is 21.5 Å². The lowest BCUT2D eigenvalue weighted by Crippen LogP contribution is -2.56. The highest BCUT2D eigenvalue weighted by molar-refractivity contribution is 6.03. The van der Waals surface area contributed by atoms with Crippen molar-refractivity contribution in [3.63, 3.8) is 0 Å². The van der Waals surface area contributed by atoms with Crippen molar-refractivity contribution < 1.29 is 14.4 Å². The van der Waals surface area contributed by atoms with Crippen molar-refractivity contribution in [2.24, 2.45) is 13.0 Å². The normalized spacial score (nSPS) is 16.1. The number of aryl methyl sites for hydroxylation is 1. The summed E-state index contributed by atoms with van der Waals surface area (Å²) in [4.78, 5) is 42.5. The fourth-order valence-corrected chi connectivity index (χ4v) is 6.09. The molecule has 1 aliphatic rings. The minimum absolute atomic E-state index is 0.0501. The second kappa shape index (κ2) is 10.6. The molecule has 3 amide bonds. The van der Waals surface area contributed by atoms with Crippen LogP contribution in [0.2, 0.25) is 0 Å². The predicted octanol–water partition coefficient (Wildman–Crippen LogP) is 4.94. The number of rotatable bonds is 7. The summed E-state index contributed by atoms with van der Waals surface area (Å²) in [7, 11) is 1.99. The van der Waals surface area contributed by atoms with Gasteiger partial charge in [-0.05, 0) is 41.1 Å². The third-order valence-electron chi connectivity index (χ3n) is 8.29. The van der Waals surface area contributed by atoms with Gasteiger partial charge in [0.05, 0.1) is 6.04 Å². The number of hydrogen-bond donors (Lipinski definition) is 2. The number of amides is 3. The lowest BCUT2D eigenvalue weighted by Gasteiger charge is -2.36. The lowest BCUT2D eigenvalue weighted by molar-refractivity contribution is -0.133. The zero-order valence-electron chi connectivity index (χ0n) is 23.4. The van der Waals surface area contributed by atoms with E-state index in [0.717, 1.165) is 32.9 Å². The number of nitrogens with zero attached hydrogens (tertiary/aromatic N) is 3. The van der Waals surface area contributed by atoms with E-state index in [9.17, 15) is 14.4 Å². The Morgan fingerprint density at radius 2 is 1.59 bits per heavy atom. The number of hydrogen-bond acceptors (Lipinski definition) is 3. The second-order valence-electron chi connectivity index (χ2n) is 10.8. The van der Waals surface area contributed by atoms with Gasteiger partial charge in [0.1, 0.15) is 12.6 Å². The van der Waals surface area contributed by atoms with Gasteiger partial charge in [0, 0.05) is 47.0 Å². The van der Waals surface area contributed by atoms with E-state index in [-0.39, 0.29) is 24.3 Å². The molecule has 0 bridgehead atoms. The first-order chi connectivity index (χ1) is 19.9. The Bertz CT molecular complexity index is 1780. The van der Waals surface area contributed by atoms with Crippen molar-refractivity contribution in [1.29, 1.82) is 0 Å². The molecule has 1 aliphatic heterocycles. The Labute approximate surface area is 238 Å². The predicted molar refractivity (Wildman–Crippen MR) is 159 cm³/mol. The van der Waals surface area contributed by atoms with Crippen molar-refractivity contribution >= 4 is 39.5 Å². The van der Waals surface area contributed by atoms with Crippen molar-refractivity contribution in [2.75, 3.05) is 0 Å². The summed E-state index contributed by atoms with van der Waals surface area (Å²) in [5, 5.41) is 2.07. The van der Waals surface area contributed by atoms with Gasteiger partial charge in [0.25, 0.3) is 17.7 Å². The molecule has 8 nitrogen and oxygen atoms in total. The maximum atomic E-state index is 14.0. The highest BCUT2D eigenvalue weighted by Gasteiger charge is 2.46. The zero-order valence-corrected chi connectivity index (χ0v) is 23.4. The number of para-hydroxylation sites is 2. The molecule has 41 heavy (non-hydrogen) atoms. The quantitative estimate of drug-likeness (QED) is 0.283. The van der Waals surface area contributed by atoms with Crippen LogP contribution < -0.4 is 10.9 Å². The topological polar surface area (TPSA) is 88.4 Å². The first kappa shape index (κ1) is 26.4. The zero-order chi connectivity index (χ0) is 28.7. The van der Waals surface area contributed by atoms with Gasteiger partial charge < -0.3 is 14.0 Å². The van der Waals surface area contributed by atoms with E-state index in [0.29, 0.717) is 12.0 Å². The number of fused-ring (bicyclic) bond motifs is 3. The first-order valence-corrected chi connectivity index (χ1v) is 14.0. The molecule has 5 aromatic rings. The maximum Gasteiger partial charge on any atom is 0.261 e. The molecule has 0 saturated heterocycles. The molecule has 2 N–H and O–H groups in total. The number of hydrazine groups is 1. The average molecular weight is 548 g/mol. The summed E-state index contributed by atoms with van der Waals surface area (Å²) in [6, 6.07) is 24.2. The van der Waals surface area contributed by atoms with Crippen LogP contribution in [-0.4, -0.2) is 37.8 Å². The van der Waals surface area contributed by atoms with Gasteiger partial charge in [-0.3, -0.25) is 25.2 Å². The lowest BCUT2D eigenvalue weighted by atomic mass is 9.93. The SMILES string of the molecule is CCC(C)C(C(=O)NNC(=O)Cn1ccc2ccccc21)N1C(=O)c2ccccc2C1c1cn(C)c2ccccc12. The Morgan fingerprint density at radius 3 is 2.39 bits per heavy atom. The summed E-state index contributed by atoms with van der Waals surface area (Å²) in [5.74, 6) is -1.14. The summed E-state index contributed by atoms with van der Waals surface area (Å²) in [6.07, 6.45) is 4.57. The van der Waals surface area contributed by atoms with Gasteiger partial charge in [-0.15, -0.1) is 0 Å². The van der Waals surface area contributed by atoms with Gasteiger partial charge in [-0.25, -0.2) is 0 Å². The number of carbonyl (C=O) groups is 3. The number of nitrogens with one attached hydrogen (secondary N) is 2. The largest absolute Gasteiger partial charge is 0.350 e. The molecule has 0 aliphatic carbocycles. The van der Waals surface area contributed by atoms with Crippen LogP contribution >= 0.6 is 0 Å². The summed E-state index contributed by atoms with van der Waals surface area (Å²) in [5.41, 5.74) is 9.65. The molecular weight excluding hydrogens is 514 g/mol. The van der Waals surface area contributed by atoms with Gasteiger partial charge in [-0.1, -0.05) is 74.9 Å². The number of aromatic nitrogens is 2. The highest BCUT2D eigenvalue weighted by atomic mass is 16.2. The van der Waals surface area contributed by atoms with Crippen LogP contribution in [0.3, 0.4) is 0 Å².